The standard InChI is InChI=1S/C49H74N12O16S/c1-31(77-49(70)58-34(8-5-6-15-51-44(66)14-22-74-25-20-56-60-50)47(68)55-17-16-52-45(67)27-32-12-13-37(62)38(63)26-32)33-28-40(39(73-2)29-36(33)61(71)72)76-21-7-11-43(65)54-19-24-75-23-18-53-42(64)10-4-3-9-41-46-35(30-78-41)57-48(69)59-46/h28-29,31-32,34-35,41,46H,3-27,30H2,1-2H3,(H,51,66)(H,52,67)(H,53,64)(H,54,65)(H,55,68)(H,58,70)(H2,57,59,69)/t31?,32?,34?,35-,41-,46-/m0/s1. The highest BCUT2D eigenvalue weighted by Crippen LogP contribution is 2.39. The molecule has 1 aliphatic carbocycles. The average Bonchev–Trinajstić information content (AvgIpc) is 3.99. The Kier molecular flexibility index (Phi) is 28.9. The molecule has 3 fully saturated rings. The zero-order valence-corrected chi connectivity index (χ0v) is 45.0. The van der Waals surface area contributed by atoms with Crippen LogP contribution in [0.5, 0.6) is 11.5 Å². The van der Waals surface area contributed by atoms with E-state index in [-0.39, 0.29) is 175 Å². The van der Waals surface area contributed by atoms with Crippen LogP contribution in [0.15, 0.2) is 17.2 Å². The number of carbonyl (C=O) groups is 9. The third-order valence-electron chi connectivity index (χ3n) is 12.8. The predicted molar refractivity (Wildman–Crippen MR) is 281 cm³/mol. The van der Waals surface area contributed by atoms with Crippen LogP contribution in [0.2, 0.25) is 0 Å². The zero-order chi connectivity index (χ0) is 56.7. The fraction of sp³-hybridized carbons (Fsp3) is 0.694. The highest BCUT2D eigenvalue weighted by molar-refractivity contribution is 8.00. The molecule has 29 heteroatoms. The third kappa shape index (κ3) is 23.7. The molecule has 0 aromatic heterocycles. The van der Waals surface area contributed by atoms with E-state index in [2.05, 4.69) is 52.6 Å². The zero-order valence-electron chi connectivity index (χ0n) is 44.2. The number of nitrogens with zero attached hydrogens (tertiary/aromatic N) is 4. The minimum Gasteiger partial charge on any atom is -0.493 e. The summed E-state index contributed by atoms with van der Waals surface area (Å²) in [7, 11) is 1.29. The molecule has 1 aromatic rings. The van der Waals surface area contributed by atoms with E-state index in [1.54, 1.807) is 0 Å². The van der Waals surface area contributed by atoms with Gasteiger partial charge in [0.2, 0.25) is 29.5 Å². The summed E-state index contributed by atoms with van der Waals surface area (Å²) in [5, 5.41) is 38.0. The van der Waals surface area contributed by atoms with E-state index in [4.69, 9.17) is 29.2 Å². The van der Waals surface area contributed by atoms with Gasteiger partial charge in [-0.15, -0.1) is 0 Å². The summed E-state index contributed by atoms with van der Waals surface area (Å²) in [4.78, 5) is 125. The van der Waals surface area contributed by atoms with E-state index < -0.39 is 46.3 Å². The first-order valence-corrected chi connectivity index (χ1v) is 27.3. The quantitative estimate of drug-likeness (QED) is 0.00689. The van der Waals surface area contributed by atoms with Crippen molar-refractivity contribution in [1.82, 2.24) is 42.5 Å². The first-order valence-electron chi connectivity index (χ1n) is 26.3. The molecular weight excluding hydrogens is 1040 g/mol. The maximum absolute atomic E-state index is 13.4. The summed E-state index contributed by atoms with van der Waals surface area (Å²) in [6.45, 7) is 3.10. The fourth-order valence-electron chi connectivity index (χ4n) is 8.66. The van der Waals surface area contributed by atoms with Crippen molar-refractivity contribution in [2.75, 3.05) is 85.2 Å². The third-order valence-corrected chi connectivity index (χ3v) is 14.3. The molecule has 1 aromatic carbocycles. The van der Waals surface area contributed by atoms with Crippen molar-refractivity contribution in [2.45, 2.75) is 126 Å². The van der Waals surface area contributed by atoms with Crippen LogP contribution in [-0.4, -0.2) is 167 Å². The van der Waals surface area contributed by atoms with E-state index in [1.165, 1.54) is 20.1 Å². The van der Waals surface area contributed by atoms with Gasteiger partial charge >= 0.3 is 12.1 Å². The molecule has 2 heterocycles. The van der Waals surface area contributed by atoms with E-state index in [0.29, 0.717) is 37.5 Å². The number of amides is 8. The van der Waals surface area contributed by atoms with Crippen molar-refractivity contribution in [3.63, 3.8) is 0 Å². The molecule has 0 spiro atoms. The number of urea groups is 1. The Morgan fingerprint density at radius 2 is 1.50 bits per heavy atom. The minimum atomic E-state index is -1.26. The number of ether oxygens (including phenoxy) is 5. The molecular formula is C49H74N12O16S. The number of hydrogen-bond donors (Lipinski definition) is 8. The molecule has 6 atom stereocenters. The molecule has 8 N–H and O–H groups in total. The summed E-state index contributed by atoms with van der Waals surface area (Å²) in [6, 6.07) is 1.44. The van der Waals surface area contributed by atoms with Crippen LogP contribution in [0.4, 0.5) is 15.3 Å². The predicted octanol–water partition coefficient (Wildman–Crippen LogP) is 2.46. The number of alkyl carbamates (subject to hydrolysis) is 1. The lowest BCUT2D eigenvalue weighted by molar-refractivity contribution is -0.386. The van der Waals surface area contributed by atoms with Gasteiger partial charge in [-0.2, -0.15) is 11.8 Å². The molecule has 432 valence electrons. The van der Waals surface area contributed by atoms with Gasteiger partial charge in [-0.25, -0.2) is 9.59 Å². The van der Waals surface area contributed by atoms with Gasteiger partial charge in [-0.1, -0.05) is 11.5 Å². The number of nitro benzene ring substituents is 1. The van der Waals surface area contributed by atoms with Crippen LogP contribution in [0.25, 0.3) is 10.4 Å². The van der Waals surface area contributed by atoms with Gasteiger partial charge in [0, 0.05) is 93.7 Å². The SMILES string of the molecule is COc1cc([N+](=O)[O-])c(C(C)OC(=O)NC(CCCCNC(=O)CCOCCN=[N+]=[N-])C(=O)NCCNC(=O)CC2CCC(=O)C(=O)C2)cc1OCCCC(=O)NCCOCCNC(=O)CCCC[C@@H]1SC[C@@H]2NC(=O)N[C@@H]21. The Bertz CT molecular complexity index is 2270. The Balaban J connectivity index is 1.18. The van der Waals surface area contributed by atoms with Crippen molar-refractivity contribution in [1.29, 1.82) is 0 Å². The number of ketones is 2. The summed E-state index contributed by atoms with van der Waals surface area (Å²) in [6.07, 6.45) is 2.39. The van der Waals surface area contributed by atoms with E-state index in [0.717, 1.165) is 31.1 Å². The smallest absolute Gasteiger partial charge is 0.408 e. The summed E-state index contributed by atoms with van der Waals surface area (Å²) < 4.78 is 27.6. The fourth-order valence-corrected chi connectivity index (χ4v) is 10.2. The average molecular weight is 1120 g/mol. The summed E-state index contributed by atoms with van der Waals surface area (Å²) in [5.41, 5.74) is 7.82. The number of benzene rings is 1. The number of rotatable bonds is 38. The number of azide groups is 1. The number of methoxy groups -OCH3 is 1. The van der Waals surface area contributed by atoms with Crippen molar-refractivity contribution in [3.8, 4) is 11.5 Å². The Labute approximate surface area is 455 Å². The molecule has 3 aliphatic rings. The lowest BCUT2D eigenvalue weighted by Gasteiger charge is -2.21. The largest absolute Gasteiger partial charge is 0.493 e. The van der Waals surface area contributed by atoms with Crippen molar-refractivity contribution in [2.24, 2.45) is 11.0 Å². The second-order valence-corrected chi connectivity index (χ2v) is 19.9. The normalized spacial score (nSPS) is 18.2. The van der Waals surface area contributed by atoms with Crippen molar-refractivity contribution < 1.29 is 71.8 Å². The van der Waals surface area contributed by atoms with E-state index in [1.807, 2.05) is 11.8 Å². The molecule has 1 saturated carbocycles. The monoisotopic (exact) mass is 1120 g/mol. The molecule has 4 rings (SSSR count). The Morgan fingerprint density at radius 1 is 0.808 bits per heavy atom. The van der Waals surface area contributed by atoms with Gasteiger partial charge in [-0.3, -0.25) is 43.7 Å². The first kappa shape index (κ1) is 63.6. The number of thioether (sulfide) groups is 1. The van der Waals surface area contributed by atoms with Gasteiger partial charge in [0.15, 0.2) is 23.1 Å². The van der Waals surface area contributed by atoms with Crippen LogP contribution >= 0.6 is 11.8 Å². The van der Waals surface area contributed by atoms with Gasteiger partial charge in [0.1, 0.15) is 12.1 Å². The molecule has 2 saturated heterocycles. The summed E-state index contributed by atoms with van der Waals surface area (Å²) in [5.74, 6) is -1.83. The van der Waals surface area contributed by atoms with Crippen LogP contribution < -0.4 is 52.0 Å². The van der Waals surface area contributed by atoms with Crippen LogP contribution in [0, 0.1) is 16.0 Å². The summed E-state index contributed by atoms with van der Waals surface area (Å²) >= 11 is 1.85. The molecule has 8 amide bonds. The van der Waals surface area contributed by atoms with E-state index >= 15 is 0 Å². The van der Waals surface area contributed by atoms with Gasteiger partial charge in [0.25, 0.3) is 5.69 Å². The number of hydrogen-bond acceptors (Lipinski definition) is 18. The number of carbonyl (C=O) groups excluding carboxylic acids is 9. The maximum Gasteiger partial charge on any atom is 0.408 e. The highest BCUT2D eigenvalue weighted by atomic mass is 32.2. The number of nitrogens with one attached hydrogen (secondary N) is 8. The molecule has 0 bridgehead atoms. The second-order valence-electron chi connectivity index (χ2n) is 18.7. The van der Waals surface area contributed by atoms with E-state index in [9.17, 15) is 53.3 Å². The maximum atomic E-state index is 13.4. The topological polar surface area (TPSA) is 388 Å². The van der Waals surface area contributed by atoms with Gasteiger partial charge in [0.05, 0.1) is 68.8 Å². The number of Topliss-reactive ketones (excluding diaryl/α,β-unsaturated/α-hetero) is 2. The molecule has 28 nitrogen and oxygen atoms in total. The van der Waals surface area contributed by atoms with Gasteiger partial charge in [-0.05, 0) is 69.4 Å². The molecule has 0 radical (unpaired) electrons. The first-order chi connectivity index (χ1) is 37.6. The molecule has 2 aliphatic heterocycles. The number of fused-ring (bicyclic) bond motifs is 1. The van der Waals surface area contributed by atoms with Gasteiger partial charge < -0.3 is 66.2 Å². The minimum absolute atomic E-state index is 0.00408. The van der Waals surface area contributed by atoms with Crippen molar-refractivity contribution in [3.05, 3.63) is 38.3 Å². The lowest BCUT2D eigenvalue weighted by Crippen LogP contribution is -2.48. The highest BCUT2D eigenvalue weighted by Gasteiger charge is 2.42. The number of nitro groups is 1. The second kappa shape index (κ2) is 35.4. The molecule has 78 heavy (non-hydrogen) atoms. The lowest BCUT2D eigenvalue weighted by atomic mass is 9.85. The van der Waals surface area contributed by atoms with Crippen LogP contribution in [0.3, 0.4) is 0 Å². The van der Waals surface area contributed by atoms with Crippen molar-refractivity contribution >= 4 is 70.7 Å². The van der Waals surface area contributed by atoms with Crippen LogP contribution in [0.1, 0.15) is 108 Å². The Hall–Kier alpha value is -6.97. The van der Waals surface area contributed by atoms with Crippen LogP contribution in [-0.2, 0) is 47.8 Å². The number of unbranched alkanes of at least 4 members (excludes halogenated alkanes) is 2. The Morgan fingerprint density at radius 3 is 2.22 bits per heavy atom. The molecule has 3 unspecified atom stereocenters.